The number of carbonyl (C=O) groups excluding carboxylic acids is 1. The second-order valence-electron chi connectivity index (χ2n) is 6.28. The molecule has 0 aliphatic carbocycles. The second kappa shape index (κ2) is 7.33. The first-order chi connectivity index (χ1) is 12.3. The third-order valence-electron chi connectivity index (χ3n) is 4.52. The van der Waals surface area contributed by atoms with E-state index in [9.17, 15) is 4.79 Å². The summed E-state index contributed by atoms with van der Waals surface area (Å²) in [6, 6.07) is 8.26. The lowest BCUT2D eigenvalue weighted by atomic mass is 10.0. The summed E-state index contributed by atoms with van der Waals surface area (Å²) in [4.78, 5) is 15.4. The highest BCUT2D eigenvalue weighted by Gasteiger charge is 2.20. The molecule has 4 rings (SSSR count). The van der Waals surface area contributed by atoms with E-state index in [4.69, 9.17) is 4.74 Å². The summed E-state index contributed by atoms with van der Waals surface area (Å²) in [6.07, 6.45) is 5.02. The molecule has 3 aromatic rings. The number of benzene rings is 1. The van der Waals surface area contributed by atoms with Gasteiger partial charge in [0.1, 0.15) is 5.01 Å². The highest BCUT2D eigenvalue weighted by molar-refractivity contribution is 7.15. The van der Waals surface area contributed by atoms with Crippen molar-refractivity contribution in [1.82, 2.24) is 15.2 Å². The molecule has 0 radical (unpaired) electrons. The van der Waals surface area contributed by atoms with Gasteiger partial charge in [-0.2, -0.15) is 0 Å². The largest absolute Gasteiger partial charge is 0.381 e. The molecule has 130 valence electrons. The average Bonchev–Trinajstić information content (AvgIpc) is 3.29. The van der Waals surface area contributed by atoms with E-state index in [-0.39, 0.29) is 5.91 Å². The van der Waals surface area contributed by atoms with Gasteiger partial charge in [-0.1, -0.05) is 17.4 Å². The number of hydrogen-bond donors (Lipinski definition) is 2. The van der Waals surface area contributed by atoms with Crippen molar-refractivity contribution in [3.05, 3.63) is 41.0 Å². The first-order valence-electron chi connectivity index (χ1n) is 8.55. The zero-order chi connectivity index (χ0) is 17.1. The van der Waals surface area contributed by atoms with Gasteiger partial charge in [-0.05, 0) is 48.4 Å². The smallest absolute Gasteiger partial charge is 0.226 e. The Labute approximate surface area is 149 Å². The molecular formula is C18H20N4O2S. The van der Waals surface area contributed by atoms with E-state index in [1.807, 2.05) is 18.3 Å². The van der Waals surface area contributed by atoms with Gasteiger partial charge in [0, 0.05) is 37.3 Å². The number of aryl methyl sites for hydroxylation is 1. The van der Waals surface area contributed by atoms with E-state index in [0.29, 0.717) is 23.9 Å². The van der Waals surface area contributed by atoms with Gasteiger partial charge < -0.3 is 15.0 Å². The van der Waals surface area contributed by atoms with Crippen LogP contribution in [0.2, 0.25) is 0 Å². The molecule has 25 heavy (non-hydrogen) atoms. The number of aromatic amines is 1. The molecule has 1 aliphatic rings. The number of hydrogen-bond acceptors (Lipinski definition) is 5. The second-order valence-corrected chi connectivity index (χ2v) is 7.29. The Bertz CT molecular complexity index is 867. The maximum atomic E-state index is 12.2. The molecule has 3 heterocycles. The highest BCUT2D eigenvalue weighted by atomic mass is 32.1. The van der Waals surface area contributed by atoms with Crippen molar-refractivity contribution < 1.29 is 9.53 Å². The summed E-state index contributed by atoms with van der Waals surface area (Å²) in [7, 11) is 0. The molecule has 0 bridgehead atoms. The quantitative estimate of drug-likeness (QED) is 0.733. The zero-order valence-electron chi connectivity index (χ0n) is 13.8. The van der Waals surface area contributed by atoms with Crippen molar-refractivity contribution in [1.29, 1.82) is 0 Å². The van der Waals surface area contributed by atoms with Crippen LogP contribution in [0.25, 0.3) is 10.9 Å². The van der Waals surface area contributed by atoms with Crippen LogP contribution in [0.15, 0.2) is 30.5 Å². The number of anilines is 1. The van der Waals surface area contributed by atoms with Crippen molar-refractivity contribution >= 4 is 33.3 Å². The summed E-state index contributed by atoms with van der Waals surface area (Å²) >= 11 is 1.48. The number of carbonyl (C=O) groups is 1. The predicted octanol–water partition coefficient (Wildman–Crippen LogP) is 3.48. The SMILES string of the molecule is O=C(CCc1ccc2[nH]ccc2c1)Nc1nnc(C2CCOCC2)s1. The topological polar surface area (TPSA) is 79.9 Å². The van der Waals surface area contributed by atoms with Crippen LogP contribution in [0.5, 0.6) is 0 Å². The molecule has 0 spiro atoms. The van der Waals surface area contributed by atoms with Crippen molar-refractivity contribution in [2.45, 2.75) is 31.6 Å². The summed E-state index contributed by atoms with van der Waals surface area (Å²) in [5.41, 5.74) is 2.27. The summed E-state index contributed by atoms with van der Waals surface area (Å²) < 4.78 is 5.37. The van der Waals surface area contributed by atoms with E-state index in [1.165, 1.54) is 16.7 Å². The molecule has 6 nitrogen and oxygen atoms in total. The highest BCUT2D eigenvalue weighted by Crippen LogP contribution is 2.30. The molecule has 2 N–H and O–H groups in total. The van der Waals surface area contributed by atoms with Gasteiger partial charge in [-0.3, -0.25) is 4.79 Å². The average molecular weight is 356 g/mol. The predicted molar refractivity (Wildman–Crippen MR) is 98.0 cm³/mol. The third-order valence-corrected chi connectivity index (χ3v) is 5.52. The maximum Gasteiger partial charge on any atom is 0.226 e. The van der Waals surface area contributed by atoms with Gasteiger partial charge in [0.05, 0.1) is 0 Å². The number of fused-ring (bicyclic) bond motifs is 1. The van der Waals surface area contributed by atoms with Crippen LogP contribution in [-0.2, 0) is 16.0 Å². The molecule has 0 saturated carbocycles. The number of ether oxygens (including phenoxy) is 1. The van der Waals surface area contributed by atoms with Gasteiger partial charge in [-0.15, -0.1) is 10.2 Å². The Hall–Kier alpha value is -2.25. The van der Waals surface area contributed by atoms with E-state index in [0.717, 1.165) is 42.1 Å². The summed E-state index contributed by atoms with van der Waals surface area (Å²) in [6.45, 7) is 1.55. The molecule has 1 saturated heterocycles. The van der Waals surface area contributed by atoms with Crippen LogP contribution < -0.4 is 5.32 Å². The molecule has 1 fully saturated rings. The van der Waals surface area contributed by atoms with E-state index in [1.54, 1.807) is 0 Å². The van der Waals surface area contributed by atoms with E-state index < -0.39 is 0 Å². The minimum Gasteiger partial charge on any atom is -0.381 e. The fourth-order valence-corrected chi connectivity index (χ4v) is 4.02. The lowest BCUT2D eigenvalue weighted by Gasteiger charge is -2.18. The summed E-state index contributed by atoms with van der Waals surface area (Å²) in [5.74, 6) is 0.383. The first kappa shape index (κ1) is 16.2. The third kappa shape index (κ3) is 3.88. The van der Waals surface area contributed by atoms with Gasteiger partial charge >= 0.3 is 0 Å². The van der Waals surface area contributed by atoms with E-state index in [2.05, 4.69) is 32.6 Å². The number of nitrogens with zero attached hydrogens (tertiary/aromatic N) is 2. The molecule has 0 atom stereocenters. The lowest BCUT2D eigenvalue weighted by molar-refractivity contribution is -0.116. The van der Waals surface area contributed by atoms with Gasteiger partial charge in [0.25, 0.3) is 0 Å². The molecule has 1 aromatic carbocycles. The Kier molecular flexibility index (Phi) is 4.76. The Morgan fingerprint density at radius 1 is 1.28 bits per heavy atom. The number of aromatic nitrogens is 3. The number of H-pyrrole nitrogens is 1. The van der Waals surface area contributed by atoms with Gasteiger partial charge in [0.15, 0.2) is 0 Å². The molecule has 2 aromatic heterocycles. The Morgan fingerprint density at radius 2 is 2.16 bits per heavy atom. The van der Waals surface area contributed by atoms with Crippen LogP contribution in [-0.4, -0.2) is 34.3 Å². The van der Waals surface area contributed by atoms with E-state index >= 15 is 0 Å². The van der Waals surface area contributed by atoms with Gasteiger partial charge in [-0.25, -0.2) is 0 Å². The minimum absolute atomic E-state index is 0.0242. The molecule has 1 aliphatic heterocycles. The van der Waals surface area contributed by atoms with Crippen molar-refractivity contribution in [2.24, 2.45) is 0 Å². The van der Waals surface area contributed by atoms with Crippen molar-refractivity contribution in [3.8, 4) is 0 Å². The summed E-state index contributed by atoms with van der Waals surface area (Å²) in [5, 5.41) is 14.0. The van der Waals surface area contributed by atoms with Crippen molar-refractivity contribution in [2.75, 3.05) is 18.5 Å². The number of nitrogens with one attached hydrogen (secondary N) is 2. The molecule has 0 unspecified atom stereocenters. The monoisotopic (exact) mass is 356 g/mol. The van der Waals surface area contributed by atoms with Crippen LogP contribution in [0.1, 0.15) is 35.8 Å². The van der Waals surface area contributed by atoms with Crippen molar-refractivity contribution in [3.63, 3.8) is 0 Å². The molecular weight excluding hydrogens is 336 g/mol. The van der Waals surface area contributed by atoms with Gasteiger partial charge in [0.2, 0.25) is 11.0 Å². The fourth-order valence-electron chi connectivity index (χ4n) is 3.09. The maximum absolute atomic E-state index is 12.2. The van der Waals surface area contributed by atoms with Crippen LogP contribution in [0, 0.1) is 0 Å². The standard InChI is InChI=1S/C18H20N4O2S/c23-16(4-2-12-1-3-15-14(11-12)5-8-19-15)20-18-22-21-17(25-18)13-6-9-24-10-7-13/h1,3,5,8,11,13,19H,2,4,6-7,9-10H2,(H,20,22,23). The van der Waals surface area contributed by atoms with Crippen LogP contribution >= 0.6 is 11.3 Å². The molecule has 7 heteroatoms. The molecule has 1 amide bonds. The Balaban J connectivity index is 1.31. The number of amides is 1. The van der Waals surface area contributed by atoms with Crippen LogP contribution in [0.4, 0.5) is 5.13 Å². The Morgan fingerprint density at radius 3 is 3.04 bits per heavy atom. The normalized spacial score (nSPS) is 15.5. The zero-order valence-corrected chi connectivity index (χ0v) is 14.6. The van der Waals surface area contributed by atoms with Crippen LogP contribution in [0.3, 0.4) is 0 Å². The number of rotatable bonds is 5. The minimum atomic E-state index is -0.0242. The first-order valence-corrected chi connectivity index (χ1v) is 9.36. The lowest BCUT2D eigenvalue weighted by Crippen LogP contribution is -2.13. The fraction of sp³-hybridized carbons (Fsp3) is 0.389.